The van der Waals surface area contributed by atoms with Crippen molar-refractivity contribution in [1.82, 2.24) is 10.2 Å². The van der Waals surface area contributed by atoms with Gasteiger partial charge in [0.1, 0.15) is 0 Å². The number of halogens is 1. The molecule has 0 saturated carbocycles. The molecule has 1 heterocycles. The van der Waals surface area contributed by atoms with E-state index < -0.39 is 5.97 Å². The fraction of sp³-hybridized carbons (Fsp3) is 0.250. The summed E-state index contributed by atoms with van der Waals surface area (Å²) in [5.41, 5.74) is 0.732. The van der Waals surface area contributed by atoms with Crippen molar-refractivity contribution >= 4 is 40.2 Å². The zero-order chi connectivity index (χ0) is 13.8. The molecule has 0 atom stereocenters. The van der Waals surface area contributed by atoms with Crippen molar-refractivity contribution in [2.24, 2.45) is 0 Å². The summed E-state index contributed by atoms with van der Waals surface area (Å²) in [6, 6.07) is 5.19. The number of anilines is 1. The number of rotatable bonds is 4. The first kappa shape index (κ1) is 13.4. The van der Waals surface area contributed by atoms with Crippen LogP contribution in [0.25, 0.3) is 10.9 Å². The number of ether oxygens (including phenoxy) is 1. The zero-order valence-electron chi connectivity index (χ0n) is 10.2. The average Bonchev–Trinajstić information content (AvgIpc) is 2.78. The molecule has 1 aromatic heterocycles. The second kappa shape index (κ2) is 5.71. The van der Waals surface area contributed by atoms with Crippen molar-refractivity contribution < 1.29 is 14.3 Å². The van der Waals surface area contributed by atoms with Crippen LogP contribution in [0.4, 0.5) is 5.82 Å². The van der Waals surface area contributed by atoms with Crippen LogP contribution in [0.3, 0.4) is 0 Å². The third-order valence-corrected chi connectivity index (χ3v) is 2.80. The first-order valence-electron chi connectivity index (χ1n) is 5.60. The van der Waals surface area contributed by atoms with E-state index in [-0.39, 0.29) is 18.7 Å². The SMILES string of the molecule is COC(=O)CCC(=O)Nc1n[nH]c2cc(Cl)ccc12. The number of nitrogens with zero attached hydrogens (tertiary/aromatic N) is 1. The number of fused-ring (bicyclic) bond motifs is 1. The van der Waals surface area contributed by atoms with E-state index >= 15 is 0 Å². The maximum Gasteiger partial charge on any atom is 0.306 e. The van der Waals surface area contributed by atoms with Crippen molar-refractivity contribution in [1.29, 1.82) is 0 Å². The van der Waals surface area contributed by atoms with Crippen molar-refractivity contribution in [2.75, 3.05) is 12.4 Å². The Morgan fingerprint density at radius 1 is 1.42 bits per heavy atom. The number of carbonyl (C=O) groups excluding carboxylic acids is 2. The summed E-state index contributed by atoms with van der Waals surface area (Å²) in [5.74, 6) is -0.302. The molecule has 0 aliphatic carbocycles. The summed E-state index contributed by atoms with van der Waals surface area (Å²) in [7, 11) is 1.28. The van der Waals surface area contributed by atoms with E-state index in [4.69, 9.17) is 11.6 Å². The van der Waals surface area contributed by atoms with E-state index in [1.807, 2.05) is 0 Å². The maximum absolute atomic E-state index is 11.6. The second-order valence-electron chi connectivity index (χ2n) is 3.89. The monoisotopic (exact) mass is 281 g/mol. The lowest BCUT2D eigenvalue weighted by Gasteiger charge is -2.02. The highest BCUT2D eigenvalue weighted by atomic mass is 35.5. The van der Waals surface area contributed by atoms with Crippen molar-refractivity contribution in [3.8, 4) is 0 Å². The van der Waals surface area contributed by atoms with Gasteiger partial charge in [0.05, 0.1) is 19.0 Å². The van der Waals surface area contributed by atoms with Crippen LogP contribution in [-0.4, -0.2) is 29.2 Å². The van der Waals surface area contributed by atoms with Gasteiger partial charge in [-0.3, -0.25) is 14.7 Å². The van der Waals surface area contributed by atoms with Crippen molar-refractivity contribution in [3.63, 3.8) is 0 Å². The molecule has 1 amide bonds. The van der Waals surface area contributed by atoms with E-state index in [1.54, 1.807) is 18.2 Å². The van der Waals surface area contributed by atoms with Crippen LogP contribution < -0.4 is 5.32 Å². The van der Waals surface area contributed by atoms with Crippen LogP contribution in [0.15, 0.2) is 18.2 Å². The topological polar surface area (TPSA) is 84.1 Å². The number of hydrogen-bond acceptors (Lipinski definition) is 4. The molecule has 19 heavy (non-hydrogen) atoms. The lowest BCUT2D eigenvalue weighted by Crippen LogP contribution is -2.14. The minimum Gasteiger partial charge on any atom is -0.469 e. The summed E-state index contributed by atoms with van der Waals surface area (Å²) in [6.45, 7) is 0. The molecular formula is C12H12ClN3O3. The standard InChI is InChI=1S/C12H12ClN3O3/c1-19-11(18)5-4-10(17)14-12-8-3-2-7(13)6-9(8)15-16-12/h2-3,6H,4-5H2,1H3,(H2,14,15,16,17). The summed E-state index contributed by atoms with van der Waals surface area (Å²) >= 11 is 5.85. The number of esters is 1. The van der Waals surface area contributed by atoms with E-state index in [2.05, 4.69) is 20.3 Å². The number of carbonyl (C=O) groups is 2. The molecular weight excluding hydrogens is 270 g/mol. The molecule has 6 nitrogen and oxygen atoms in total. The van der Waals surface area contributed by atoms with Crippen LogP contribution in [0.1, 0.15) is 12.8 Å². The molecule has 100 valence electrons. The van der Waals surface area contributed by atoms with Gasteiger partial charge in [-0.05, 0) is 18.2 Å². The predicted molar refractivity (Wildman–Crippen MR) is 71.0 cm³/mol. The Labute approximate surface area is 114 Å². The third kappa shape index (κ3) is 3.23. The smallest absolute Gasteiger partial charge is 0.306 e. The molecule has 2 N–H and O–H groups in total. The van der Waals surface area contributed by atoms with Gasteiger partial charge in [-0.15, -0.1) is 0 Å². The largest absolute Gasteiger partial charge is 0.469 e. The molecule has 2 rings (SSSR count). The highest BCUT2D eigenvalue weighted by molar-refractivity contribution is 6.31. The van der Waals surface area contributed by atoms with E-state index in [0.29, 0.717) is 10.8 Å². The second-order valence-corrected chi connectivity index (χ2v) is 4.32. The lowest BCUT2D eigenvalue weighted by molar-refractivity contribution is -0.141. The molecule has 2 aromatic rings. The van der Waals surface area contributed by atoms with Crippen LogP contribution in [0.5, 0.6) is 0 Å². The molecule has 0 bridgehead atoms. The third-order valence-electron chi connectivity index (χ3n) is 2.57. The Hall–Kier alpha value is -2.08. The number of H-pyrrole nitrogens is 1. The first-order chi connectivity index (χ1) is 9.10. The molecule has 1 aromatic carbocycles. The Kier molecular flexibility index (Phi) is 4.01. The molecule has 0 radical (unpaired) electrons. The van der Waals surface area contributed by atoms with Gasteiger partial charge in [0.2, 0.25) is 5.91 Å². The lowest BCUT2D eigenvalue weighted by atomic mass is 10.2. The fourth-order valence-electron chi connectivity index (χ4n) is 1.60. The fourth-order valence-corrected chi connectivity index (χ4v) is 1.77. The predicted octanol–water partition coefficient (Wildman–Crippen LogP) is 2.11. The molecule has 0 aliphatic rings. The quantitative estimate of drug-likeness (QED) is 0.841. The van der Waals surface area contributed by atoms with Crippen molar-refractivity contribution in [2.45, 2.75) is 12.8 Å². The molecule has 0 fully saturated rings. The number of aromatic nitrogens is 2. The highest BCUT2D eigenvalue weighted by Gasteiger charge is 2.11. The number of hydrogen-bond donors (Lipinski definition) is 2. The van der Waals surface area contributed by atoms with E-state index in [1.165, 1.54) is 7.11 Å². The molecule has 0 spiro atoms. The van der Waals surface area contributed by atoms with Gasteiger partial charge in [-0.1, -0.05) is 11.6 Å². The zero-order valence-corrected chi connectivity index (χ0v) is 11.0. The van der Waals surface area contributed by atoms with E-state index in [9.17, 15) is 9.59 Å². The summed E-state index contributed by atoms with van der Waals surface area (Å²) < 4.78 is 4.46. The first-order valence-corrected chi connectivity index (χ1v) is 5.98. The van der Waals surface area contributed by atoms with Gasteiger partial charge in [0.15, 0.2) is 5.82 Å². The number of benzene rings is 1. The Morgan fingerprint density at radius 2 is 2.21 bits per heavy atom. The summed E-state index contributed by atoms with van der Waals surface area (Å²) in [5, 5.41) is 10.7. The van der Waals surface area contributed by atoms with Crippen LogP contribution >= 0.6 is 11.6 Å². The van der Waals surface area contributed by atoms with Gasteiger partial charge in [0, 0.05) is 16.8 Å². The van der Waals surface area contributed by atoms with Gasteiger partial charge in [-0.25, -0.2) is 0 Å². The van der Waals surface area contributed by atoms with E-state index in [0.717, 1.165) is 10.9 Å². The van der Waals surface area contributed by atoms with Crippen molar-refractivity contribution in [3.05, 3.63) is 23.2 Å². The average molecular weight is 282 g/mol. The van der Waals surface area contributed by atoms with Gasteiger partial charge in [-0.2, -0.15) is 5.10 Å². The molecule has 0 unspecified atom stereocenters. The Morgan fingerprint density at radius 3 is 2.95 bits per heavy atom. The van der Waals surface area contributed by atoms with Gasteiger partial charge < -0.3 is 10.1 Å². The minimum atomic E-state index is -0.422. The minimum absolute atomic E-state index is 0.0382. The molecule has 0 aliphatic heterocycles. The molecule has 7 heteroatoms. The number of amides is 1. The van der Waals surface area contributed by atoms with Gasteiger partial charge >= 0.3 is 5.97 Å². The summed E-state index contributed by atoms with van der Waals surface area (Å²) in [4.78, 5) is 22.6. The number of aromatic amines is 1. The number of nitrogens with one attached hydrogen (secondary N) is 2. The Balaban J connectivity index is 2.05. The van der Waals surface area contributed by atoms with Crippen LogP contribution in [0.2, 0.25) is 5.02 Å². The highest BCUT2D eigenvalue weighted by Crippen LogP contribution is 2.23. The maximum atomic E-state index is 11.6. The van der Waals surface area contributed by atoms with Crippen LogP contribution in [0, 0.1) is 0 Å². The normalized spacial score (nSPS) is 10.4. The molecule has 0 saturated heterocycles. The Bertz CT molecular complexity index is 624. The van der Waals surface area contributed by atoms with Gasteiger partial charge in [0.25, 0.3) is 0 Å². The summed E-state index contributed by atoms with van der Waals surface area (Å²) in [6.07, 6.45) is 0.0884. The number of methoxy groups -OCH3 is 1. The van der Waals surface area contributed by atoms with Crippen LogP contribution in [-0.2, 0) is 14.3 Å².